The maximum atomic E-state index is 14.6. The van der Waals surface area contributed by atoms with Crippen LogP contribution >= 0.6 is 0 Å². The topological polar surface area (TPSA) is 91.1 Å². The molecule has 2 heterocycles. The Labute approximate surface area is 141 Å². The van der Waals surface area contributed by atoms with Gasteiger partial charge in [0.1, 0.15) is 12.4 Å². The Morgan fingerprint density at radius 2 is 1.96 bits per heavy atom. The summed E-state index contributed by atoms with van der Waals surface area (Å²) in [6.07, 6.45) is 0. The molecule has 8 nitrogen and oxygen atoms in total. The fraction of sp³-hybridized carbons (Fsp3) is 0.312. The lowest BCUT2D eigenvalue weighted by atomic mass is 10.1. The highest BCUT2D eigenvalue weighted by Gasteiger charge is 2.34. The van der Waals surface area contributed by atoms with E-state index in [9.17, 15) is 14.0 Å². The van der Waals surface area contributed by atoms with Crippen LogP contribution in [0.15, 0.2) is 27.9 Å². The van der Waals surface area contributed by atoms with Gasteiger partial charge in [0, 0.05) is 11.5 Å². The molecule has 3 rings (SSSR count). The van der Waals surface area contributed by atoms with E-state index in [1.54, 1.807) is 6.92 Å². The Morgan fingerprint density at radius 3 is 2.64 bits per heavy atom. The molecule has 1 aliphatic rings. The van der Waals surface area contributed by atoms with Crippen LogP contribution in [0.1, 0.15) is 5.69 Å². The molecular formula is C16H15FN2O6. The van der Waals surface area contributed by atoms with Crippen molar-refractivity contribution in [3.8, 4) is 0 Å². The SMILES string of the molecule is COC(=O)C1=C(C(=O)OC)N(c2cc3c(C)noc3cc2F)COC1. The summed E-state index contributed by atoms with van der Waals surface area (Å²) in [5, 5.41) is 4.36. The number of fused-ring (bicyclic) bond motifs is 1. The first-order valence-corrected chi connectivity index (χ1v) is 7.28. The van der Waals surface area contributed by atoms with E-state index in [4.69, 9.17) is 14.0 Å². The number of rotatable bonds is 3. The van der Waals surface area contributed by atoms with Crippen LogP contribution in [0.2, 0.25) is 0 Å². The van der Waals surface area contributed by atoms with Crippen molar-refractivity contribution in [2.45, 2.75) is 6.92 Å². The molecule has 0 spiro atoms. The summed E-state index contributed by atoms with van der Waals surface area (Å²) >= 11 is 0. The number of nitrogens with zero attached hydrogens (tertiary/aromatic N) is 2. The molecule has 0 saturated heterocycles. The minimum Gasteiger partial charge on any atom is -0.466 e. The van der Waals surface area contributed by atoms with Crippen LogP contribution in [0, 0.1) is 12.7 Å². The minimum atomic E-state index is -0.801. The molecule has 0 saturated carbocycles. The van der Waals surface area contributed by atoms with E-state index >= 15 is 0 Å². The molecule has 0 fully saturated rings. The monoisotopic (exact) mass is 350 g/mol. The first-order chi connectivity index (χ1) is 12.0. The molecule has 25 heavy (non-hydrogen) atoms. The summed E-state index contributed by atoms with van der Waals surface area (Å²) in [6, 6.07) is 2.63. The Bertz CT molecular complexity index is 888. The van der Waals surface area contributed by atoms with Crippen LogP contribution in [0.4, 0.5) is 10.1 Å². The van der Waals surface area contributed by atoms with E-state index in [2.05, 4.69) is 9.89 Å². The van der Waals surface area contributed by atoms with Crippen LogP contribution in [0.25, 0.3) is 11.0 Å². The summed E-state index contributed by atoms with van der Waals surface area (Å²) in [4.78, 5) is 25.4. The smallest absolute Gasteiger partial charge is 0.355 e. The van der Waals surface area contributed by atoms with E-state index in [0.717, 1.165) is 6.07 Å². The normalized spacial score (nSPS) is 14.8. The van der Waals surface area contributed by atoms with Crippen LogP contribution in [0.3, 0.4) is 0 Å². The molecule has 0 bridgehead atoms. The van der Waals surface area contributed by atoms with E-state index in [1.165, 1.54) is 25.2 Å². The quantitative estimate of drug-likeness (QED) is 0.772. The molecule has 0 atom stereocenters. The van der Waals surface area contributed by atoms with E-state index in [0.29, 0.717) is 11.1 Å². The third kappa shape index (κ3) is 2.82. The van der Waals surface area contributed by atoms with Crippen molar-refractivity contribution in [2.24, 2.45) is 0 Å². The number of hydrogen-bond acceptors (Lipinski definition) is 8. The second-order valence-electron chi connectivity index (χ2n) is 5.28. The molecule has 132 valence electrons. The number of aromatic nitrogens is 1. The van der Waals surface area contributed by atoms with Gasteiger partial charge in [-0.1, -0.05) is 5.16 Å². The van der Waals surface area contributed by atoms with Gasteiger partial charge in [0.2, 0.25) is 0 Å². The summed E-state index contributed by atoms with van der Waals surface area (Å²) in [5.41, 5.74) is 0.676. The zero-order valence-corrected chi connectivity index (χ0v) is 13.8. The fourth-order valence-electron chi connectivity index (χ4n) is 2.61. The molecule has 2 aromatic rings. The van der Waals surface area contributed by atoms with Crippen LogP contribution in [-0.2, 0) is 23.8 Å². The second-order valence-corrected chi connectivity index (χ2v) is 5.28. The average Bonchev–Trinajstić information content (AvgIpc) is 2.98. The first kappa shape index (κ1) is 16.9. The summed E-state index contributed by atoms with van der Waals surface area (Å²) in [6.45, 7) is 1.42. The number of hydrogen-bond donors (Lipinski definition) is 0. The Morgan fingerprint density at radius 1 is 1.24 bits per heavy atom. The molecule has 1 aliphatic heterocycles. The van der Waals surface area contributed by atoms with Crippen molar-refractivity contribution >= 4 is 28.6 Å². The predicted octanol–water partition coefficient (Wildman–Crippen LogP) is 1.67. The van der Waals surface area contributed by atoms with Crippen molar-refractivity contribution in [3.63, 3.8) is 0 Å². The summed E-state index contributed by atoms with van der Waals surface area (Å²) < 4.78 is 34.4. The van der Waals surface area contributed by atoms with Crippen molar-refractivity contribution in [3.05, 3.63) is 34.9 Å². The number of halogens is 1. The molecule has 0 N–H and O–H groups in total. The Kier molecular flexibility index (Phi) is 4.41. The third-order valence-corrected chi connectivity index (χ3v) is 3.84. The molecule has 9 heteroatoms. The molecule has 0 unspecified atom stereocenters. The summed E-state index contributed by atoms with van der Waals surface area (Å²) in [5.74, 6) is -2.22. The van der Waals surface area contributed by atoms with Gasteiger partial charge in [-0.3, -0.25) is 0 Å². The Hall–Kier alpha value is -2.94. The largest absolute Gasteiger partial charge is 0.466 e. The van der Waals surface area contributed by atoms with Gasteiger partial charge < -0.3 is 23.6 Å². The number of aryl methyl sites for hydroxylation is 1. The van der Waals surface area contributed by atoms with Crippen molar-refractivity contribution in [1.29, 1.82) is 0 Å². The molecule has 0 radical (unpaired) electrons. The number of carbonyl (C=O) groups is 2. The fourth-order valence-corrected chi connectivity index (χ4v) is 2.61. The number of methoxy groups -OCH3 is 2. The number of anilines is 1. The van der Waals surface area contributed by atoms with Gasteiger partial charge in [-0.15, -0.1) is 0 Å². The standard InChI is InChI=1S/C16H15FN2O6/c1-8-9-4-12(11(17)5-13(9)25-18-8)19-7-24-6-10(15(20)22-2)14(19)16(21)23-3/h4-5H,6-7H2,1-3H3. The second kappa shape index (κ2) is 6.52. The summed E-state index contributed by atoms with van der Waals surface area (Å²) in [7, 11) is 2.35. The molecule has 0 amide bonds. The molecule has 1 aromatic carbocycles. The third-order valence-electron chi connectivity index (χ3n) is 3.84. The number of esters is 2. The lowest BCUT2D eigenvalue weighted by Gasteiger charge is -2.31. The predicted molar refractivity (Wildman–Crippen MR) is 83.1 cm³/mol. The maximum absolute atomic E-state index is 14.6. The van der Waals surface area contributed by atoms with Crippen molar-refractivity contribution in [1.82, 2.24) is 5.16 Å². The highest BCUT2D eigenvalue weighted by molar-refractivity contribution is 6.03. The maximum Gasteiger partial charge on any atom is 0.355 e. The van der Waals surface area contributed by atoms with Gasteiger partial charge in [0.15, 0.2) is 11.4 Å². The van der Waals surface area contributed by atoms with Gasteiger partial charge in [-0.2, -0.15) is 0 Å². The van der Waals surface area contributed by atoms with E-state index in [-0.39, 0.29) is 35.9 Å². The minimum absolute atomic E-state index is 0.0281. The first-order valence-electron chi connectivity index (χ1n) is 7.28. The molecule has 0 aliphatic carbocycles. The number of carbonyl (C=O) groups excluding carboxylic acids is 2. The van der Waals surface area contributed by atoms with Crippen LogP contribution in [-0.4, -0.2) is 44.7 Å². The lowest BCUT2D eigenvalue weighted by Crippen LogP contribution is -2.39. The van der Waals surface area contributed by atoms with Gasteiger partial charge in [-0.05, 0) is 13.0 Å². The van der Waals surface area contributed by atoms with Crippen molar-refractivity contribution in [2.75, 3.05) is 32.5 Å². The zero-order chi connectivity index (χ0) is 18.1. The van der Waals surface area contributed by atoms with Crippen LogP contribution < -0.4 is 4.90 Å². The van der Waals surface area contributed by atoms with Gasteiger partial charge in [0.05, 0.1) is 37.8 Å². The average molecular weight is 350 g/mol. The van der Waals surface area contributed by atoms with Crippen molar-refractivity contribution < 1.29 is 32.7 Å². The van der Waals surface area contributed by atoms with E-state index < -0.39 is 17.8 Å². The number of benzene rings is 1. The molecule has 1 aromatic heterocycles. The highest BCUT2D eigenvalue weighted by Crippen LogP contribution is 2.32. The Balaban J connectivity index is 2.20. The van der Waals surface area contributed by atoms with Gasteiger partial charge in [-0.25, -0.2) is 14.0 Å². The zero-order valence-electron chi connectivity index (χ0n) is 13.8. The van der Waals surface area contributed by atoms with Crippen LogP contribution in [0.5, 0.6) is 0 Å². The van der Waals surface area contributed by atoms with E-state index in [1.807, 2.05) is 0 Å². The number of ether oxygens (including phenoxy) is 3. The lowest BCUT2D eigenvalue weighted by molar-refractivity contribution is -0.140. The highest BCUT2D eigenvalue weighted by atomic mass is 19.1. The van der Waals surface area contributed by atoms with Gasteiger partial charge >= 0.3 is 11.9 Å². The molecular weight excluding hydrogens is 335 g/mol. The van der Waals surface area contributed by atoms with Gasteiger partial charge in [0.25, 0.3) is 0 Å².